The summed E-state index contributed by atoms with van der Waals surface area (Å²) in [6, 6.07) is 5.33. The number of hydrogen-bond donors (Lipinski definition) is 3. The second kappa shape index (κ2) is 7.04. The topological polar surface area (TPSA) is 88.3 Å². The van der Waals surface area contributed by atoms with E-state index in [9.17, 15) is 4.79 Å². The summed E-state index contributed by atoms with van der Waals surface area (Å²) in [6.45, 7) is 5.94. The van der Waals surface area contributed by atoms with Crippen LogP contribution in [0.4, 0.5) is 16.2 Å². The summed E-state index contributed by atoms with van der Waals surface area (Å²) >= 11 is 0. The molecular weight excluding hydrogens is 296 g/mol. The van der Waals surface area contributed by atoms with E-state index in [1.54, 1.807) is 37.7 Å². The third-order valence-electron chi connectivity index (χ3n) is 2.86. The number of imidazole rings is 1. The smallest absolute Gasteiger partial charge is 0.412 e. The van der Waals surface area contributed by atoms with Crippen LogP contribution < -0.4 is 15.4 Å². The van der Waals surface area contributed by atoms with Crippen LogP contribution in [0.15, 0.2) is 30.6 Å². The van der Waals surface area contributed by atoms with E-state index in [2.05, 4.69) is 20.6 Å². The maximum Gasteiger partial charge on any atom is 0.412 e. The minimum atomic E-state index is -0.557. The molecule has 0 aliphatic carbocycles. The molecule has 1 aromatic carbocycles. The molecule has 0 atom stereocenters. The van der Waals surface area contributed by atoms with Gasteiger partial charge in [-0.15, -0.1) is 0 Å². The number of benzene rings is 1. The Kier molecular flexibility index (Phi) is 5.10. The number of aromatic nitrogens is 2. The highest BCUT2D eigenvalue weighted by Gasteiger charge is 2.17. The van der Waals surface area contributed by atoms with Gasteiger partial charge in [0.25, 0.3) is 0 Å². The lowest BCUT2D eigenvalue weighted by molar-refractivity contribution is 0.0636. The second-order valence-electron chi connectivity index (χ2n) is 5.93. The Morgan fingerprint density at radius 2 is 2.09 bits per heavy atom. The van der Waals surface area contributed by atoms with Gasteiger partial charge in [-0.1, -0.05) is 0 Å². The van der Waals surface area contributed by atoms with Crippen LogP contribution in [0.5, 0.6) is 5.75 Å². The van der Waals surface area contributed by atoms with Gasteiger partial charge in [0.15, 0.2) is 0 Å². The molecule has 0 fully saturated rings. The van der Waals surface area contributed by atoms with E-state index in [1.807, 2.05) is 20.8 Å². The Hall–Kier alpha value is -2.70. The van der Waals surface area contributed by atoms with Gasteiger partial charge in [-0.3, -0.25) is 5.32 Å². The minimum Gasteiger partial charge on any atom is -0.497 e. The van der Waals surface area contributed by atoms with Crippen LogP contribution in [0.25, 0.3) is 0 Å². The maximum atomic E-state index is 12.0. The van der Waals surface area contributed by atoms with Crippen LogP contribution in [-0.2, 0) is 11.3 Å². The number of nitrogens with zero attached hydrogens (tertiary/aromatic N) is 1. The molecule has 2 rings (SSSR count). The Morgan fingerprint density at radius 3 is 2.70 bits per heavy atom. The van der Waals surface area contributed by atoms with Crippen molar-refractivity contribution in [2.45, 2.75) is 32.9 Å². The van der Waals surface area contributed by atoms with Crippen molar-refractivity contribution in [3.63, 3.8) is 0 Å². The number of hydrogen-bond acceptors (Lipinski definition) is 5. The van der Waals surface area contributed by atoms with Crippen molar-refractivity contribution in [1.82, 2.24) is 9.97 Å². The zero-order valence-electron chi connectivity index (χ0n) is 13.8. The number of aromatic amines is 1. The lowest BCUT2D eigenvalue weighted by atomic mass is 10.2. The van der Waals surface area contributed by atoms with Gasteiger partial charge in [0, 0.05) is 18.5 Å². The van der Waals surface area contributed by atoms with Gasteiger partial charge in [0.2, 0.25) is 0 Å². The van der Waals surface area contributed by atoms with Crippen molar-refractivity contribution in [3.8, 4) is 5.75 Å². The Labute approximate surface area is 135 Å². The van der Waals surface area contributed by atoms with E-state index in [4.69, 9.17) is 9.47 Å². The fourth-order valence-corrected chi connectivity index (χ4v) is 1.89. The van der Waals surface area contributed by atoms with Crippen molar-refractivity contribution in [2.24, 2.45) is 0 Å². The van der Waals surface area contributed by atoms with Gasteiger partial charge < -0.3 is 19.8 Å². The van der Waals surface area contributed by atoms with Crippen molar-refractivity contribution in [3.05, 3.63) is 36.4 Å². The third-order valence-corrected chi connectivity index (χ3v) is 2.86. The molecule has 2 aromatic rings. The molecule has 0 spiro atoms. The van der Waals surface area contributed by atoms with Crippen LogP contribution in [0.2, 0.25) is 0 Å². The summed E-state index contributed by atoms with van der Waals surface area (Å²) in [7, 11) is 1.59. The lowest BCUT2D eigenvalue weighted by Gasteiger charge is -2.21. The predicted octanol–water partition coefficient (Wildman–Crippen LogP) is 3.38. The summed E-state index contributed by atoms with van der Waals surface area (Å²) in [5.74, 6) is 1.47. The van der Waals surface area contributed by atoms with Gasteiger partial charge in [0.05, 0.1) is 25.0 Å². The van der Waals surface area contributed by atoms with E-state index < -0.39 is 11.7 Å². The summed E-state index contributed by atoms with van der Waals surface area (Å²) in [6.07, 6.45) is 2.92. The fourth-order valence-electron chi connectivity index (χ4n) is 1.89. The quantitative estimate of drug-likeness (QED) is 0.786. The molecule has 1 heterocycles. The van der Waals surface area contributed by atoms with Gasteiger partial charge in [-0.2, -0.15) is 0 Å². The zero-order chi connectivity index (χ0) is 16.9. The summed E-state index contributed by atoms with van der Waals surface area (Å²) in [5, 5.41) is 5.95. The molecule has 3 N–H and O–H groups in total. The van der Waals surface area contributed by atoms with Gasteiger partial charge in [-0.25, -0.2) is 9.78 Å². The largest absolute Gasteiger partial charge is 0.497 e. The number of rotatable bonds is 5. The Bertz CT molecular complexity index is 648. The number of ether oxygens (including phenoxy) is 2. The number of anilines is 2. The molecule has 23 heavy (non-hydrogen) atoms. The number of methoxy groups -OCH3 is 1. The summed E-state index contributed by atoms with van der Waals surface area (Å²) in [5.41, 5.74) is 0.761. The molecule has 7 heteroatoms. The van der Waals surface area contributed by atoms with Crippen molar-refractivity contribution in [1.29, 1.82) is 0 Å². The second-order valence-corrected chi connectivity index (χ2v) is 5.93. The molecule has 0 aliphatic rings. The van der Waals surface area contributed by atoms with Crippen LogP contribution in [-0.4, -0.2) is 28.8 Å². The number of amides is 1. The van der Waals surface area contributed by atoms with E-state index in [-0.39, 0.29) is 0 Å². The molecule has 124 valence electrons. The number of nitrogens with one attached hydrogen (secondary N) is 3. The van der Waals surface area contributed by atoms with E-state index in [1.165, 1.54) is 0 Å². The molecule has 0 radical (unpaired) electrons. The normalized spacial score (nSPS) is 11.0. The van der Waals surface area contributed by atoms with Crippen LogP contribution >= 0.6 is 0 Å². The van der Waals surface area contributed by atoms with E-state index in [0.717, 1.165) is 5.82 Å². The minimum absolute atomic E-state index is 0.489. The molecule has 0 aliphatic heterocycles. The van der Waals surface area contributed by atoms with Gasteiger partial charge >= 0.3 is 6.09 Å². The third kappa shape index (κ3) is 5.21. The van der Waals surface area contributed by atoms with Crippen LogP contribution in [0, 0.1) is 0 Å². The van der Waals surface area contributed by atoms with E-state index >= 15 is 0 Å². The highest BCUT2D eigenvalue weighted by atomic mass is 16.6. The SMILES string of the molecule is COc1ccc(NC(=O)OC(C)(C)C)c(NCc2ncc[nH]2)c1. The molecule has 0 saturated carbocycles. The number of carbonyl (C=O) groups is 1. The number of carbonyl (C=O) groups excluding carboxylic acids is 1. The molecule has 1 aromatic heterocycles. The molecule has 0 bridgehead atoms. The van der Waals surface area contributed by atoms with Gasteiger partial charge in [-0.05, 0) is 32.9 Å². The molecule has 0 saturated heterocycles. The monoisotopic (exact) mass is 318 g/mol. The standard InChI is InChI=1S/C16H22N4O3/c1-16(2,3)23-15(21)20-12-6-5-11(22-4)9-13(12)19-10-14-17-7-8-18-14/h5-9,19H,10H2,1-4H3,(H,17,18)(H,20,21). The van der Waals surface area contributed by atoms with E-state index in [0.29, 0.717) is 23.7 Å². The van der Waals surface area contributed by atoms with Crippen molar-refractivity contribution >= 4 is 17.5 Å². The first-order valence-electron chi connectivity index (χ1n) is 7.27. The zero-order valence-corrected chi connectivity index (χ0v) is 13.8. The Morgan fingerprint density at radius 1 is 1.30 bits per heavy atom. The molecular formula is C16H22N4O3. The van der Waals surface area contributed by atoms with Gasteiger partial charge in [0.1, 0.15) is 17.2 Å². The lowest BCUT2D eigenvalue weighted by Crippen LogP contribution is -2.27. The van der Waals surface area contributed by atoms with Crippen LogP contribution in [0.3, 0.4) is 0 Å². The maximum absolute atomic E-state index is 12.0. The first-order valence-corrected chi connectivity index (χ1v) is 7.27. The van der Waals surface area contributed by atoms with Crippen molar-refractivity contribution in [2.75, 3.05) is 17.7 Å². The number of H-pyrrole nitrogens is 1. The first-order chi connectivity index (χ1) is 10.9. The predicted molar refractivity (Wildman–Crippen MR) is 88.8 cm³/mol. The van der Waals surface area contributed by atoms with Crippen molar-refractivity contribution < 1.29 is 14.3 Å². The molecule has 1 amide bonds. The highest BCUT2D eigenvalue weighted by molar-refractivity contribution is 5.90. The molecule has 0 unspecified atom stereocenters. The first kappa shape index (κ1) is 16.7. The average molecular weight is 318 g/mol. The molecule has 7 nitrogen and oxygen atoms in total. The summed E-state index contributed by atoms with van der Waals surface area (Å²) in [4.78, 5) is 19.1. The highest BCUT2D eigenvalue weighted by Crippen LogP contribution is 2.28. The summed E-state index contributed by atoms with van der Waals surface area (Å²) < 4.78 is 10.5. The fraction of sp³-hybridized carbons (Fsp3) is 0.375. The Balaban J connectivity index is 2.12. The average Bonchev–Trinajstić information content (AvgIpc) is 2.97. The van der Waals surface area contributed by atoms with Crippen LogP contribution in [0.1, 0.15) is 26.6 Å².